The number of ether oxygens (including phenoxy) is 1. The Morgan fingerprint density at radius 3 is 2.19 bits per heavy atom. The summed E-state index contributed by atoms with van der Waals surface area (Å²) in [7, 11) is 0. The van der Waals surface area contributed by atoms with Gasteiger partial charge < -0.3 is 13.7 Å². The number of para-hydroxylation sites is 1. The molecule has 47 heavy (non-hydrogen) atoms. The van der Waals surface area contributed by atoms with E-state index >= 15 is 0 Å². The van der Waals surface area contributed by atoms with Crippen LogP contribution in [-0.2, 0) is 21.1 Å². The molecule has 6 nitrogen and oxygen atoms in total. The Morgan fingerprint density at radius 1 is 0.660 bits per heavy atom. The molecule has 0 saturated carbocycles. The summed E-state index contributed by atoms with van der Waals surface area (Å²) in [4.78, 5) is 14.6. The van der Waals surface area contributed by atoms with Crippen molar-refractivity contribution in [2.24, 2.45) is 0 Å². The van der Waals surface area contributed by atoms with Gasteiger partial charge >= 0.3 is 21.1 Å². The van der Waals surface area contributed by atoms with Crippen LogP contribution in [0.5, 0.6) is 11.5 Å². The maximum absolute atomic E-state index is 6.49. The van der Waals surface area contributed by atoms with E-state index in [0.717, 1.165) is 66.3 Å². The first-order valence-corrected chi connectivity index (χ1v) is 15.3. The van der Waals surface area contributed by atoms with Crippen LogP contribution in [0.15, 0.2) is 110 Å². The van der Waals surface area contributed by atoms with E-state index in [-0.39, 0.29) is 21.1 Å². The van der Waals surface area contributed by atoms with E-state index in [4.69, 9.17) is 14.7 Å². The van der Waals surface area contributed by atoms with Crippen LogP contribution < -0.4 is 4.74 Å². The predicted molar refractivity (Wildman–Crippen MR) is 184 cm³/mol. The third-order valence-electron chi connectivity index (χ3n) is 8.74. The molecule has 0 bridgehead atoms. The molecule has 9 aromatic rings. The Labute approximate surface area is 285 Å². The summed E-state index contributed by atoms with van der Waals surface area (Å²) >= 11 is 0. The molecule has 0 aliphatic carbocycles. The Morgan fingerprint density at radius 2 is 1.38 bits per heavy atom. The summed E-state index contributed by atoms with van der Waals surface area (Å²) < 4.78 is 10.7. The molecule has 0 atom stereocenters. The molecule has 5 aromatic heterocycles. The molecule has 0 amide bonds. The Kier molecular flexibility index (Phi) is 6.92. The number of pyridine rings is 3. The van der Waals surface area contributed by atoms with Crippen LogP contribution >= 0.6 is 0 Å². The SMILES string of the molecule is Cc1cc(C)c(-c2cn3c(n2)c2[c-]c(Oc4[c-]c5c(cc4)c4ccccc4n5-c4ccccn4)ccc2c2cccnc23)c(C)c1.[Pt+2]. The number of fused-ring (bicyclic) bond motifs is 9. The van der Waals surface area contributed by atoms with Crippen LogP contribution in [0, 0.1) is 32.9 Å². The summed E-state index contributed by atoms with van der Waals surface area (Å²) in [5, 5.41) is 5.15. The fourth-order valence-corrected chi connectivity index (χ4v) is 6.93. The quantitative estimate of drug-likeness (QED) is 0.132. The molecule has 0 radical (unpaired) electrons. The Hall–Kier alpha value is -5.32. The molecule has 0 fully saturated rings. The van der Waals surface area contributed by atoms with Crippen molar-refractivity contribution in [1.29, 1.82) is 0 Å². The van der Waals surface area contributed by atoms with Gasteiger partial charge in [-0.3, -0.25) is 4.98 Å². The number of hydrogen-bond donors (Lipinski definition) is 0. The van der Waals surface area contributed by atoms with Gasteiger partial charge in [-0.2, -0.15) is 6.07 Å². The van der Waals surface area contributed by atoms with Crippen molar-refractivity contribution in [3.05, 3.63) is 138 Å². The smallest absolute Gasteiger partial charge is 0.503 e. The van der Waals surface area contributed by atoms with Crippen LogP contribution in [0.4, 0.5) is 0 Å². The van der Waals surface area contributed by atoms with Crippen LogP contribution in [0.2, 0.25) is 0 Å². The van der Waals surface area contributed by atoms with E-state index in [1.54, 1.807) is 0 Å². The summed E-state index contributed by atoms with van der Waals surface area (Å²) in [6, 6.07) is 37.9. The zero-order chi connectivity index (χ0) is 30.9. The van der Waals surface area contributed by atoms with E-state index in [9.17, 15) is 0 Å². The number of hydrogen-bond acceptors (Lipinski definition) is 4. The molecule has 0 unspecified atom stereocenters. The molecule has 0 N–H and O–H groups in total. The van der Waals surface area contributed by atoms with Crippen molar-refractivity contribution in [2.45, 2.75) is 20.8 Å². The van der Waals surface area contributed by atoms with E-state index in [1.807, 2.05) is 54.9 Å². The monoisotopic (exact) mass is 788 g/mol. The average Bonchev–Trinajstić information content (AvgIpc) is 3.65. The molecule has 5 heterocycles. The fraction of sp³-hybridized carbons (Fsp3) is 0.0750. The number of rotatable bonds is 4. The topological polar surface area (TPSA) is 57.2 Å². The standard InChI is InChI=1S/C40H27N5O.Pt/c1-24-19-25(2)38(26(3)20-24)34-23-44-39-32(10-8-18-42-39)29-15-13-27(21-33(29)40(44)43-34)46-28-14-16-31-30-9-4-5-11-35(30)45(36(31)22-28)37-12-6-7-17-41-37;/h4-20,23H,1-3H3;/q-2;+2. The van der Waals surface area contributed by atoms with Crippen molar-refractivity contribution in [3.8, 4) is 28.6 Å². The van der Waals surface area contributed by atoms with Crippen molar-refractivity contribution in [2.75, 3.05) is 0 Å². The largest absolute Gasteiger partial charge is 2.00 e. The molecule has 0 aliphatic heterocycles. The molecular formula is C40H27N5OPt. The van der Waals surface area contributed by atoms with Crippen LogP contribution in [-0.4, -0.2) is 23.9 Å². The van der Waals surface area contributed by atoms with Gasteiger partial charge in [0.2, 0.25) is 0 Å². The predicted octanol–water partition coefficient (Wildman–Crippen LogP) is 9.51. The van der Waals surface area contributed by atoms with Crippen molar-refractivity contribution in [3.63, 3.8) is 0 Å². The van der Waals surface area contributed by atoms with Crippen LogP contribution in [0.25, 0.3) is 66.3 Å². The summed E-state index contributed by atoms with van der Waals surface area (Å²) in [6.07, 6.45) is 5.73. The van der Waals surface area contributed by atoms with Gasteiger partial charge in [0.1, 0.15) is 11.5 Å². The first-order chi connectivity index (χ1) is 22.5. The Balaban J connectivity index is 0.00000324. The first kappa shape index (κ1) is 29.1. The number of benzene rings is 4. The summed E-state index contributed by atoms with van der Waals surface area (Å²) in [5.41, 5.74) is 9.31. The van der Waals surface area contributed by atoms with Crippen molar-refractivity contribution >= 4 is 49.3 Å². The minimum absolute atomic E-state index is 0. The van der Waals surface area contributed by atoms with E-state index in [0.29, 0.717) is 11.5 Å². The molecule has 228 valence electrons. The van der Waals surface area contributed by atoms with Gasteiger partial charge in [0.05, 0.1) is 11.3 Å². The molecule has 7 heteroatoms. The minimum Gasteiger partial charge on any atom is -0.503 e. The van der Waals surface area contributed by atoms with Gasteiger partial charge in [-0.25, -0.2) is 9.97 Å². The van der Waals surface area contributed by atoms with Crippen LogP contribution in [0.3, 0.4) is 0 Å². The zero-order valence-corrected chi connectivity index (χ0v) is 28.1. The second-order valence-electron chi connectivity index (χ2n) is 11.8. The fourth-order valence-electron chi connectivity index (χ4n) is 6.93. The molecule has 9 rings (SSSR count). The first-order valence-electron chi connectivity index (χ1n) is 15.3. The summed E-state index contributed by atoms with van der Waals surface area (Å²) in [6.45, 7) is 6.42. The van der Waals surface area contributed by atoms with E-state index < -0.39 is 0 Å². The average molecular weight is 789 g/mol. The zero-order valence-electron chi connectivity index (χ0n) is 25.9. The normalized spacial score (nSPS) is 11.6. The molecule has 0 spiro atoms. The van der Waals surface area contributed by atoms with Gasteiger partial charge in [0.15, 0.2) is 0 Å². The summed E-state index contributed by atoms with van der Waals surface area (Å²) in [5.74, 6) is 2.01. The maximum atomic E-state index is 6.49. The van der Waals surface area contributed by atoms with Crippen LogP contribution in [0.1, 0.15) is 16.7 Å². The van der Waals surface area contributed by atoms with Gasteiger partial charge in [-0.05, 0) is 66.9 Å². The number of aryl methyl sites for hydroxylation is 3. The van der Waals surface area contributed by atoms with Gasteiger partial charge in [-0.1, -0.05) is 70.4 Å². The molecule has 0 saturated heterocycles. The molecule has 4 aromatic carbocycles. The Bertz CT molecular complexity index is 2630. The van der Waals surface area contributed by atoms with E-state index in [1.165, 1.54) is 16.7 Å². The number of imidazole rings is 1. The second kappa shape index (κ2) is 11.2. The van der Waals surface area contributed by atoms with Crippen molar-refractivity contribution < 1.29 is 25.8 Å². The molecule has 0 aliphatic rings. The van der Waals surface area contributed by atoms with Gasteiger partial charge in [-0.15, -0.1) is 29.7 Å². The number of aromatic nitrogens is 5. The van der Waals surface area contributed by atoms with E-state index in [2.05, 4.69) is 102 Å². The second-order valence-corrected chi connectivity index (χ2v) is 11.8. The number of nitrogens with zero attached hydrogens (tertiary/aromatic N) is 5. The minimum atomic E-state index is 0. The van der Waals surface area contributed by atoms with Gasteiger partial charge in [0, 0.05) is 41.2 Å². The molecular weight excluding hydrogens is 762 g/mol. The maximum Gasteiger partial charge on any atom is 2.00 e. The third kappa shape index (κ3) is 4.63. The van der Waals surface area contributed by atoms with Crippen molar-refractivity contribution in [1.82, 2.24) is 23.9 Å². The van der Waals surface area contributed by atoms with Gasteiger partial charge in [0.25, 0.3) is 0 Å². The third-order valence-corrected chi connectivity index (χ3v) is 8.74.